The second kappa shape index (κ2) is 7.97. The molecule has 1 atom stereocenters. The SMILES string of the molecule is COc1ccc(CNC(=O)[C@H]2CCCN(c3nc4nc[nH]c(=O)c4s3)C2)cc1. The number of H-pyrrole nitrogens is 1. The number of carbonyl (C=O) groups excluding carboxylic acids is 1. The van der Waals surface area contributed by atoms with Crippen LogP contribution in [0.25, 0.3) is 10.3 Å². The van der Waals surface area contributed by atoms with Crippen molar-refractivity contribution in [1.29, 1.82) is 0 Å². The lowest BCUT2D eigenvalue weighted by molar-refractivity contribution is -0.125. The van der Waals surface area contributed by atoms with Crippen LogP contribution in [-0.2, 0) is 11.3 Å². The first-order chi connectivity index (χ1) is 13.6. The molecule has 0 aliphatic carbocycles. The van der Waals surface area contributed by atoms with Crippen LogP contribution in [0, 0.1) is 5.92 Å². The van der Waals surface area contributed by atoms with Gasteiger partial charge in [-0.2, -0.15) is 4.98 Å². The smallest absolute Gasteiger partial charge is 0.270 e. The van der Waals surface area contributed by atoms with Crippen LogP contribution >= 0.6 is 11.3 Å². The molecule has 1 aliphatic rings. The highest BCUT2D eigenvalue weighted by atomic mass is 32.1. The third-order valence-corrected chi connectivity index (χ3v) is 5.98. The van der Waals surface area contributed by atoms with Crippen molar-refractivity contribution < 1.29 is 9.53 Å². The monoisotopic (exact) mass is 399 g/mol. The Kier molecular flexibility index (Phi) is 5.25. The first kappa shape index (κ1) is 18.4. The van der Waals surface area contributed by atoms with Crippen molar-refractivity contribution in [2.24, 2.45) is 5.92 Å². The van der Waals surface area contributed by atoms with E-state index in [1.807, 2.05) is 24.3 Å². The number of hydrogen-bond donors (Lipinski definition) is 2. The summed E-state index contributed by atoms with van der Waals surface area (Å²) in [6.07, 6.45) is 3.11. The number of anilines is 1. The second-order valence-corrected chi connectivity index (χ2v) is 7.71. The lowest BCUT2D eigenvalue weighted by Gasteiger charge is -2.31. The summed E-state index contributed by atoms with van der Waals surface area (Å²) in [5.74, 6) is 0.727. The number of aromatic nitrogens is 3. The summed E-state index contributed by atoms with van der Waals surface area (Å²) in [5.41, 5.74) is 1.30. The van der Waals surface area contributed by atoms with Gasteiger partial charge in [-0.05, 0) is 30.5 Å². The van der Waals surface area contributed by atoms with Gasteiger partial charge >= 0.3 is 0 Å². The topological polar surface area (TPSA) is 100 Å². The highest BCUT2D eigenvalue weighted by Crippen LogP contribution is 2.29. The van der Waals surface area contributed by atoms with Crippen molar-refractivity contribution in [3.63, 3.8) is 0 Å². The number of methoxy groups -OCH3 is 1. The standard InChI is InChI=1S/C19H21N5O3S/c1-27-14-6-4-12(5-7-14)9-20-17(25)13-3-2-8-24(10-13)19-23-16-15(28-19)18(26)22-11-21-16/h4-7,11,13H,2-3,8-10H2,1H3,(H,20,25)(H,21,22,26)/t13-/m0/s1. The molecular weight excluding hydrogens is 378 g/mol. The maximum absolute atomic E-state index is 12.7. The summed E-state index contributed by atoms with van der Waals surface area (Å²) in [5, 5.41) is 3.77. The fourth-order valence-electron chi connectivity index (χ4n) is 3.33. The molecule has 3 heterocycles. The molecule has 9 heteroatoms. The van der Waals surface area contributed by atoms with Crippen LogP contribution in [0.4, 0.5) is 5.13 Å². The van der Waals surface area contributed by atoms with E-state index in [1.165, 1.54) is 17.7 Å². The third-order valence-electron chi connectivity index (χ3n) is 4.88. The van der Waals surface area contributed by atoms with Crippen LogP contribution in [0.15, 0.2) is 35.4 Å². The van der Waals surface area contributed by atoms with Gasteiger partial charge < -0.3 is 19.9 Å². The van der Waals surface area contributed by atoms with Gasteiger partial charge in [0.05, 0.1) is 19.4 Å². The van der Waals surface area contributed by atoms with Gasteiger partial charge in [0.15, 0.2) is 10.8 Å². The van der Waals surface area contributed by atoms with Crippen molar-refractivity contribution in [2.75, 3.05) is 25.1 Å². The number of ether oxygens (including phenoxy) is 1. The summed E-state index contributed by atoms with van der Waals surface area (Å²) in [7, 11) is 1.63. The third kappa shape index (κ3) is 3.84. The van der Waals surface area contributed by atoms with Gasteiger partial charge in [-0.15, -0.1) is 0 Å². The molecule has 28 heavy (non-hydrogen) atoms. The zero-order chi connectivity index (χ0) is 19.5. The van der Waals surface area contributed by atoms with E-state index in [4.69, 9.17) is 4.74 Å². The number of carbonyl (C=O) groups is 1. The van der Waals surface area contributed by atoms with Gasteiger partial charge in [0.25, 0.3) is 5.56 Å². The number of piperidine rings is 1. The van der Waals surface area contributed by atoms with E-state index in [0.29, 0.717) is 23.4 Å². The van der Waals surface area contributed by atoms with E-state index in [0.717, 1.165) is 35.8 Å². The number of rotatable bonds is 5. The maximum Gasteiger partial charge on any atom is 0.270 e. The zero-order valence-electron chi connectivity index (χ0n) is 15.5. The predicted octanol–water partition coefficient (Wildman–Crippen LogP) is 1.92. The summed E-state index contributed by atoms with van der Waals surface area (Å²) in [6.45, 7) is 1.89. The molecule has 8 nitrogen and oxygen atoms in total. The van der Waals surface area contributed by atoms with Crippen molar-refractivity contribution >= 4 is 32.7 Å². The van der Waals surface area contributed by atoms with Crippen LogP contribution < -0.4 is 20.5 Å². The summed E-state index contributed by atoms with van der Waals surface area (Å²) in [6, 6.07) is 7.65. The van der Waals surface area contributed by atoms with Crippen LogP contribution in [0.1, 0.15) is 18.4 Å². The second-order valence-electron chi connectivity index (χ2n) is 6.73. The van der Waals surface area contributed by atoms with E-state index in [1.54, 1.807) is 7.11 Å². The van der Waals surface area contributed by atoms with Crippen molar-refractivity contribution in [3.05, 3.63) is 46.5 Å². The van der Waals surface area contributed by atoms with Crippen LogP contribution in [0.5, 0.6) is 5.75 Å². The number of aromatic amines is 1. The van der Waals surface area contributed by atoms with Crippen molar-refractivity contribution in [3.8, 4) is 5.75 Å². The Balaban J connectivity index is 1.40. The minimum Gasteiger partial charge on any atom is -0.497 e. The van der Waals surface area contributed by atoms with Crippen LogP contribution in [-0.4, -0.2) is 41.1 Å². The van der Waals surface area contributed by atoms with E-state index in [9.17, 15) is 9.59 Å². The highest BCUT2D eigenvalue weighted by molar-refractivity contribution is 7.22. The quantitative estimate of drug-likeness (QED) is 0.680. The number of amides is 1. The van der Waals surface area contributed by atoms with Crippen LogP contribution in [0.2, 0.25) is 0 Å². The minimum atomic E-state index is -0.181. The number of benzene rings is 1. The molecule has 0 saturated carbocycles. The molecule has 0 radical (unpaired) electrons. The van der Waals surface area contributed by atoms with Crippen molar-refractivity contribution in [1.82, 2.24) is 20.3 Å². The molecule has 1 aliphatic heterocycles. The number of nitrogens with zero attached hydrogens (tertiary/aromatic N) is 3. The van der Waals surface area contributed by atoms with Gasteiger partial charge in [0.1, 0.15) is 10.4 Å². The van der Waals surface area contributed by atoms with Gasteiger partial charge in [0, 0.05) is 19.6 Å². The molecule has 0 bridgehead atoms. The first-order valence-corrected chi connectivity index (χ1v) is 9.95. The van der Waals surface area contributed by atoms with Crippen molar-refractivity contribution in [2.45, 2.75) is 19.4 Å². The molecule has 1 aromatic carbocycles. The van der Waals surface area contributed by atoms with Gasteiger partial charge in [-0.3, -0.25) is 9.59 Å². The number of hydrogen-bond acceptors (Lipinski definition) is 7. The Morgan fingerprint density at radius 1 is 1.39 bits per heavy atom. The highest BCUT2D eigenvalue weighted by Gasteiger charge is 2.27. The average molecular weight is 399 g/mol. The number of thiazole rings is 1. The molecule has 0 spiro atoms. The Hall–Kier alpha value is -2.94. The molecule has 1 fully saturated rings. The van der Waals surface area contributed by atoms with Gasteiger partial charge in [-0.25, -0.2) is 4.98 Å². The Morgan fingerprint density at radius 2 is 2.21 bits per heavy atom. The maximum atomic E-state index is 12.7. The molecule has 2 aromatic heterocycles. The lowest BCUT2D eigenvalue weighted by Crippen LogP contribution is -2.42. The fraction of sp³-hybridized carbons (Fsp3) is 0.368. The van der Waals surface area contributed by atoms with Gasteiger partial charge in [-0.1, -0.05) is 23.5 Å². The first-order valence-electron chi connectivity index (χ1n) is 9.14. The van der Waals surface area contributed by atoms with E-state index >= 15 is 0 Å². The summed E-state index contributed by atoms with van der Waals surface area (Å²) < 4.78 is 5.67. The molecule has 1 amide bonds. The minimum absolute atomic E-state index is 0.0394. The molecule has 2 N–H and O–H groups in total. The molecule has 3 aromatic rings. The van der Waals surface area contributed by atoms with E-state index in [-0.39, 0.29) is 17.4 Å². The number of nitrogens with one attached hydrogen (secondary N) is 2. The summed E-state index contributed by atoms with van der Waals surface area (Å²) in [4.78, 5) is 37.8. The normalized spacial score (nSPS) is 16.9. The average Bonchev–Trinajstić information content (AvgIpc) is 3.18. The van der Waals surface area contributed by atoms with E-state index in [2.05, 4.69) is 25.2 Å². The summed E-state index contributed by atoms with van der Waals surface area (Å²) >= 11 is 1.32. The molecular formula is C19H21N5O3S. The van der Waals surface area contributed by atoms with E-state index < -0.39 is 0 Å². The Morgan fingerprint density at radius 3 is 2.96 bits per heavy atom. The molecule has 4 rings (SSSR count). The molecule has 146 valence electrons. The van der Waals surface area contributed by atoms with Gasteiger partial charge in [0.2, 0.25) is 5.91 Å². The zero-order valence-corrected chi connectivity index (χ0v) is 16.3. The largest absolute Gasteiger partial charge is 0.497 e. The lowest BCUT2D eigenvalue weighted by atomic mass is 9.97. The fourth-order valence-corrected chi connectivity index (χ4v) is 4.28. The Bertz CT molecular complexity index is 1030. The Labute approximate surface area is 165 Å². The number of fused-ring (bicyclic) bond motifs is 1. The molecule has 0 unspecified atom stereocenters. The molecule has 1 saturated heterocycles. The predicted molar refractivity (Wildman–Crippen MR) is 108 cm³/mol. The van der Waals surface area contributed by atoms with Crippen LogP contribution in [0.3, 0.4) is 0 Å².